The molecule has 162 valence electrons. The predicted molar refractivity (Wildman–Crippen MR) is 116 cm³/mol. The van der Waals surface area contributed by atoms with Crippen molar-refractivity contribution in [1.29, 1.82) is 0 Å². The number of aromatic nitrogens is 3. The second-order valence-electron chi connectivity index (χ2n) is 7.43. The van der Waals surface area contributed by atoms with Crippen LogP contribution in [-0.2, 0) is 11.3 Å². The van der Waals surface area contributed by atoms with E-state index in [2.05, 4.69) is 22.0 Å². The molecule has 1 atom stereocenters. The monoisotopic (exact) mass is 422 g/mol. The molecule has 2 heterocycles. The van der Waals surface area contributed by atoms with Crippen LogP contribution in [0.15, 0.2) is 49.1 Å². The molecule has 1 amide bonds. The zero-order chi connectivity index (χ0) is 21.6. The molecule has 31 heavy (non-hydrogen) atoms. The molecule has 4 rings (SSSR count). The molecule has 1 aliphatic rings. The quantitative estimate of drug-likeness (QED) is 0.532. The van der Waals surface area contributed by atoms with E-state index >= 15 is 0 Å². The predicted octanol–water partition coefficient (Wildman–Crippen LogP) is 3.35. The number of ether oxygens (including phenoxy) is 3. The summed E-state index contributed by atoms with van der Waals surface area (Å²) in [7, 11) is 1.60. The molecule has 2 aromatic carbocycles. The molecule has 8 heteroatoms. The fourth-order valence-electron chi connectivity index (χ4n) is 3.71. The van der Waals surface area contributed by atoms with E-state index in [1.54, 1.807) is 31.4 Å². The number of benzene rings is 2. The maximum Gasteiger partial charge on any atom is 0.254 e. The van der Waals surface area contributed by atoms with Gasteiger partial charge in [-0.1, -0.05) is 18.7 Å². The average molecular weight is 422 g/mol. The van der Waals surface area contributed by atoms with E-state index in [0.717, 1.165) is 30.5 Å². The van der Waals surface area contributed by atoms with Crippen molar-refractivity contribution < 1.29 is 19.0 Å². The maximum atomic E-state index is 13.4. The summed E-state index contributed by atoms with van der Waals surface area (Å²) in [4.78, 5) is 15.2. The van der Waals surface area contributed by atoms with Gasteiger partial charge in [0.2, 0.25) is 0 Å². The van der Waals surface area contributed by atoms with Gasteiger partial charge in [-0.2, -0.15) is 15.4 Å². The Morgan fingerprint density at radius 3 is 2.90 bits per heavy atom. The third-order valence-electron chi connectivity index (χ3n) is 5.26. The topological polar surface area (TPSA) is 89.6 Å². The Hall–Kier alpha value is -3.39. The second kappa shape index (κ2) is 9.61. The van der Waals surface area contributed by atoms with Gasteiger partial charge in [-0.25, -0.2) is 0 Å². The van der Waals surface area contributed by atoms with Crippen LogP contribution in [0.2, 0.25) is 0 Å². The van der Waals surface area contributed by atoms with Gasteiger partial charge in [0.05, 0.1) is 13.2 Å². The first-order valence-corrected chi connectivity index (χ1v) is 10.3. The Morgan fingerprint density at radius 1 is 1.26 bits per heavy atom. The van der Waals surface area contributed by atoms with Crippen LogP contribution in [0, 0.1) is 0 Å². The van der Waals surface area contributed by atoms with Crippen molar-refractivity contribution in [2.45, 2.75) is 25.5 Å². The molecule has 1 N–H and O–H groups in total. The van der Waals surface area contributed by atoms with E-state index in [9.17, 15) is 4.79 Å². The summed E-state index contributed by atoms with van der Waals surface area (Å²) in [6.07, 6.45) is 3.68. The fourth-order valence-corrected chi connectivity index (χ4v) is 3.71. The lowest BCUT2D eigenvalue weighted by Gasteiger charge is -2.26. The van der Waals surface area contributed by atoms with E-state index in [1.807, 2.05) is 23.1 Å². The number of methoxy groups -OCH3 is 1. The zero-order valence-electron chi connectivity index (χ0n) is 17.5. The summed E-state index contributed by atoms with van der Waals surface area (Å²) in [6.45, 7) is 5.74. The minimum atomic E-state index is -0.0775. The third kappa shape index (κ3) is 4.86. The van der Waals surface area contributed by atoms with Crippen molar-refractivity contribution in [1.82, 2.24) is 20.3 Å². The number of H-pyrrole nitrogens is 1. The van der Waals surface area contributed by atoms with E-state index in [0.29, 0.717) is 42.3 Å². The first-order valence-electron chi connectivity index (χ1n) is 10.3. The number of aromatic amines is 1. The lowest BCUT2D eigenvalue weighted by molar-refractivity contribution is 0.0507. The van der Waals surface area contributed by atoms with Crippen LogP contribution in [0.5, 0.6) is 11.5 Å². The average Bonchev–Trinajstić information content (AvgIpc) is 3.48. The number of hydrogen-bond acceptors (Lipinski definition) is 6. The molecule has 1 aliphatic heterocycles. The Bertz CT molecular complexity index is 1060. The number of nitrogens with one attached hydrogen (secondary N) is 1. The fraction of sp³-hybridized carbons (Fsp3) is 0.348. The molecule has 1 fully saturated rings. The largest absolute Gasteiger partial charge is 0.493 e. The Balaban J connectivity index is 1.58. The van der Waals surface area contributed by atoms with Crippen LogP contribution in [-0.4, -0.2) is 59.2 Å². The highest BCUT2D eigenvalue weighted by atomic mass is 16.5. The van der Waals surface area contributed by atoms with Gasteiger partial charge < -0.3 is 19.1 Å². The van der Waals surface area contributed by atoms with Gasteiger partial charge in [0.1, 0.15) is 17.6 Å². The molecular formula is C23H26N4O4. The number of carbonyl (C=O) groups excluding carboxylic acids is 1. The second-order valence-corrected chi connectivity index (χ2v) is 7.43. The number of amides is 1. The van der Waals surface area contributed by atoms with Gasteiger partial charge >= 0.3 is 0 Å². The van der Waals surface area contributed by atoms with Gasteiger partial charge in [-0.05, 0) is 48.7 Å². The number of fused-ring (bicyclic) bond motifs is 1. The smallest absolute Gasteiger partial charge is 0.254 e. The van der Waals surface area contributed by atoms with Crippen LogP contribution < -0.4 is 9.47 Å². The Kier molecular flexibility index (Phi) is 6.47. The van der Waals surface area contributed by atoms with Crippen LogP contribution in [0.1, 0.15) is 28.8 Å². The summed E-state index contributed by atoms with van der Waals surface area (Å²) in [5.74, 6) is 1.18. The number of hydrogen-bond donors (Lipinski definition) is 1. The minimum Gasteiger partial charge on any atom is -0.493 e. The molecule has 0 spiro atoms. The Morgan fingerprint density at radius 2 is 2.13 bits per heavy atom. The van der Waals surface area contributed by atoms with Crippen molar-refractivity contribution in [3.05, 3.63) is 60.2 Å². The Labute approximate surface area is 180 Å². The van der Waals surface area contributed by atoms with E-state index in [1.165, 1.54) is 0 Å². The SMILES string of the molecule is C=CCOc1ccc(CN(C[C@@H]2CCCO2)C(=O)c2ccc3n[nH]nc3c2)cc1OC. The molecule has 1 aromatic heterocycles. The molecule has 0 bridgehead atoms. The highest BCUT2D eigenvalue weighted by molar-refractivity contribution is 5.97. The van der Waals surface area contributed by atoms with Crippen molar-refractivity contribution in [3.63, 3.8) is 0 Å². The number of carbonyl (C=O) groups is 1. The first-order chi connectivity index (χ1) is 15.2. The molecule has 0 saturated carbocycles. The molecule has 8 nitrogen and oxygen atoms in total. The zero-order valence-corrected chi connectivity index (χ0v) is 17.5. The van der Waals surface area contributed by atoms with E-state index < -0.39 is 0 Å². The van der Waals surface area contributed by atoms with Gasteiger partial charge in [0, 0.05) is 25.3 Å². The highest BCUT2D eigenvalue weighted by Gasteiger charge is 2.24. The van der Waals surface area contributed by atoms with E-state index in [-0.39, 0.29) is 12.0 Å². The summed E-state index contributed by atoms with van der Waals surface area (Å²) in [5, 5.41) is 10.7. The van der Waals surface area contributed by atoms with E-state index in [4.69, 9.17) is 14.2 Å². The highest BCUT2D eigenvalue weighted by Crippen LogP contribution is 2.29. The summed E-state index contributed by atoms with van der Waals surface area (Å²) >= 11 is 0. The summed E-state index contributed by atoms with van der Waals surface area (Å²) in [6, 6.07) is 11.0. The molecular weight excluding hydrogens is 396 g/mol. The maximum absolute atomic E-state index is 13.4. The van der Waals surface area contributed by atoms with Crippen LogP contribution >= 0.6 is 0 Å². The van der Waals surface area contributed by atoms with Gasteiger partial charge in [0.25, 0.3) is 5.91 Å². The van der Waals surface area contributed by atoms with Gasteiger partial charge in [-0.3, -0.25) is 4.79 Å². The number of nitrogens with zero attached hydrogens (tertiary/aromatic N) is 3. The molecule has 0 aliphatic carbocycles. The van der Waals surface area contributed by atoms with Crippen LogP contribution in [0.3, 0.4) is 0 Å². The normalized spacial score (nSPS) is 15.7. The molecule has 3 aromatic rings. The minimum absolute atomic E-state index is 0.0387. The van der Waals surface area contributed by atoms with Crippen molar-refractivity contribution >= 4 is 16.9 Å². The molecule has 0 radical (unpaired) electrons. The summed E-state index contributed by atoms with van der Waals surface area (Å²) < 4.78 is 16.9. The van der Waals surface area contributed by atoms with Crippen molar-refractivity contribution in [2.24, 2.45) is 0 Å². The van der Waals surface area contributed by atoms with Gasteiger partial charge in [-0.15, -0.1) is 0 Å². The third-order valence-corrected chi connectivity index (χ3v) is 5.26. The lowest BCUT2D eigenvalue weighted by atomic mass is 10.1. The van der Waals surface area contributed by atoms with Crippen LogP contribution in [0.25, 0.3) is 11.0 Å². The molecule has 0 unspecified atom stereocenters. The summed E-state index contributed by atoms with van der Waals surface area (Å²) in [5.41, 5.74) is 2.89. The van der Waals surface area contributed by atoms with Crippen molar-refractivity contribution in [2.75, 3.05) is 26.9 Å². The van der Waals surface area contributed by atoms with Crippen LogP contribution in [0.4, 0.5) is 0 Å². The van der Waals surface area contributed by atoms with Crippen molar-refractivity contribution in [3.8, 4) is 11.5 Å². The number of rotatable bonds is 9. The lowest BCUT2D eigenvalue weighted by Crippen LogP contribution is -2.37. The first kappa shape index (κ1) is 20.9. The molecule has 1 saturated heterocycles. The van der Waals surface area contributed by atoms with Gasteiger partial charge in [0.15, 0.2) is 11.5 Å². The standard InChI is InChI=1S/C23H26N4O4/c1-3-10-31-21-9-6-16(12-22(21)29-2)14-27(15-18-5-4-11-30-18)23(28)17-7-8-19-20(13-17)25-26-24-19/h3,6-9,12-13,18H,1,4-5,10-11,14-15H2,2H3,(H,24,25,26)/t18-/m0/s1.